The van der Waals surface area contributed by atoms with E-state index < -0.39 is 8.32 Å². The fourth-order valence-corrected chi connectivity index (χ4v) is 3.46. The fourth-order valence-electron chi connectivity index (χ4n) is 0.784. The van der Waals surface area contributed by atoms with Gasteiger partial charge in [0.2, 0.25) is 8.32 Å². The Morgan fingerprint density at radius 2 is 2.33 bits per heavy atom. The first-order valence-electron chi connectivity index (χ1n) is 3.37. The maximum atomic E-state index is 5.49. The number of hydrogen-bond acceptors (Lipinski definition) is 1. The van der Waals surface area contributed by atoms with Crippen LogP contribution < -0.4 is 0 Å². The van der Waals surface area contributed by atoms with Gasteiger partial charge in [-0.2, -0.15) is 0 Å². The van der Waals surface area contributed by atoms with E-state index >= 15 is 0 Å². The van der Waals surface area contributed by atoms with Gasteiger partial charge in [-0.15, -0.1) is 6.58 Å². The van der Waals surface area contributed by atoms with E-state index in [1.54, 1.807) is 0 Å². The molecule has 0 saturated heterocycles. The quantitative estimate of drug-likeness (QED) is 0.557. The molecule has 0 rings (SSSR count). The van der Waals surface area contributed by atoms with Gasteiger partial charge < -0.3 is 4.12 Å². The molecule has 3 heteroatoms. The predicted molar refractivity (Wildman–Crippen MR) is 47.9 cm³/mol. The van der Waals surface area contributed by atoms with Crippen LogP contribution in [-0.4, -0.2) is 18.8 Å². The zero-order valence-corrected chi connectivity index (χ0v) is 9.61. The molecule has 0 aliphatic carbocycles. The first-order valence-corrected chi connectivity index (χ1v) is 6.88. The van der Waals surface area contributed by atoms with E-state index in [4.69, 9.17) is 4.12 Å². The Labute approximate surface area is 61.8 Å². The summed E-state index contributed by atoms with van der Waals surface area (Å²) >= 11 is 0. The Balaban J connectivity index is 3.76. The topological polar surface area (TPSA) is 9.23 Å². The van der Waals surface area contributed by atoms with Gasteiger partial charge in [-0.05, 0) is 12.6 Å². The van der Waals surface area contributed by atoms with Crippen LogP contribution >= 0.6 is 0 Å². The second-order valence-electron chi connectivity index (χ2n) is 2.47. The maximum absolute atomic E-state index is 5.49. The van der Waals surface area contributed by atoms with Crippen molar-refractivity contribution in [3.05, 3.63) is 12.3 Å². The van der Waals surface area contributed by atoms with Crippen molar-refractivity contribution in [2.75, 3.05) is 0 Å². The van der Waals surface area contributed by atoms with Crippen molar-refractivity contribution in [3.8, 4) is 0 Å². The highest BCUT2D eigenvalue weighted by atomic mass is 28.4. The summed E-state index contributed by atoms with van der Waals surface area (Å²) in [6.45, 7) is 8.19. The van der Waals surface area contributed by atoms with Gasteiger partial charge in [0.1, 0.15) is 10.5 Å². The summed E-state index contributed by atoms with van der Waals surface area (Å²) in [5.41, 5.74) is 2.03. The molecule has 0 aromatic heterocycles. The predicted octanol–water partition coefficient (Wildman–Crippen LogP) is 0.994. The lowest BCUT2D eigenvalue weighted by molar-refractivity contribution is 0.610. The van der Waals surface area contributed by atoms with Gasteiger partial charge in [0.25, 0.3) is 0 Å². The minimum atomic E-state index is -1.37. The summed E-state index contributed by atoms with van der Waals surface area (Å²) in [5, 5.41) is 0. The molecule has 0 amide bonds. The van der Waals surface area contributed by atoms with E-state index in [-0.39, 0.29) is 0 Å². The Morgan fingerprint density at radius 1 is 1.78 bits per heavy atom. The van der Waals surface area contributed by atoms with E-state index in [0.29, 0.717) is 0 Å². The second kappa shape index (κ2) is 4.03. The Kier molecular flexibility index (Phi) is 4.09. The van der Waals surface area contributed by atoms with Crippen LogP contribution in [0.2, 0.25) is 12.6 Å². The minimum Gasteiger partial charge on any atom is -0.461 e. The van der Waals surface area contributed by atoms with E-state index in [1.165, 1.54) is 12.5 Å². The summed E-state index contributed by atoms with van der Waals surface area (Å²) in [6.07, 6.45) is 1.22. The second-order valence-corrected chi connectivity index (χ2v) is 7.64. The molecule has 0 N–H and O–H groups in total. The lowest BCUT2D eigenvalue weighted by Gasteiger charge is -2.20. The SMILES string of the molecule is C=C[Si](C)(CCC)O[SiH3]. The third-order valence-corrected chi connectivity index (χ3v) is 7.73. The van der Waals surface area contributed by atoms with Crippen molar-refractivity contribution in [2.24, 2.45) is 0 Å². The lowest BCUT2D eigenvalue weighted by atomic mass is 10.6. The molecule has 0 saturated carbocycles. The fraction of sp³-hybridized carbons (Fsp3) is 0.667. The molecule has 54 valence electrons. The van der Waals surface area contributed by atoms with Crippen molar-refractivity contribution in [1.29, 1.82) is 0 Å². The Hall–Kier alpha value is 0.134. The summed E-state index contributed by atoms with van der Waals surface area (Å²) in [5.74, 6) is 0. The highest BCUT2D eigenvalue weighted by molar-refractivity contribution is 6.79. The third kappa shape index (κ3) is 2.98. The first kappa shape index (κ1) is 9.13. The molecule has 0 heterocycles. The number of rotatable bonds is 4. The van der Waals surface area contributed by atoms with Crippen LogP contribution in [0.1, 0.15) is 13.3 Å². The third-order valence-electron chi connectivity index (χ3n) is 1.64. The van der Waals surface area contributed by atoms with Crippen LogP contribution in [0.15, 0.2) is 12.3 Å². The van der Waals surface area contributed by atoms with Gasteiger partial charge in [-0.25, -0.2) is 0 Å². The molecule has 0 spiro atoms. The van der Waals surface area contributed by atoms with Gasteiger partial charge in [0.05, 0.1) is 0 Å². The van der Waals surface area contributed by atoms with Crippen LogP contribution in [0, 0.1) is 0 Å². The van der Waals surface area contributed by atoms with Crippen LogP contribution in [0.5, 0.6) is 0 Å². The molecule has 1 nitrogen and oxygen atoms in total. The van der Waals surface area contributed by atoms with E-state index in [2.05, 4.69) is 20.0 Å². The highest BCUT2D eigenvalue weighted by Crippen LogP contribution is 2.12. The molecule has 0 aliphatic heterocycles. The summed E-state index contributed by atoms with van der Waals surface area (Å²) in [4.78, 5) is 0. The van der Waals surface area contributed by atoms with Crippen LogP contribution in [0.25, 0.3) is 0 Å². The zero-order chi connectivity index (χ0) is 7.33. The normalized spacial score (nSPS) is 17.1. The van der Waals surface area contributed by atoms with Crippen molar-refractivity contribution in [3.63, 3.8) is 0 Å². The van der Waals surface area contributed by atoms with E-state index in [1.807, 2.05) is 5.70 Å². The first-order chi connectivity index (χ1) is 4.18. The molecule has 9 heavy (non-hydrogen) atoms. The average molecular weight is 160 g/mol. The summed E-state index contributed by atoms with van der Waals surface area (Å²) < 4.78 is 5.49. The average Bonchev–Trinajstić information content (AvgIpc) is 1.89. The van der Waals surface area contributed by atoms with Gasteiger partial charge in [0.15, 0.2) is 0 Å². The monoisotopic (exact) mass is 160 g/mol. The van der Waals surface area contributed by atoms with Crippen LogP contribution in [0.3, 0.4) is 0 Å². The molecule has 1 atom stereocenters. The number of hydrogen-bond donors (Lipinski definition) is 0. The molecular weight excluding hydrogens is 144 g/mol. The van der Waals surface area contributed by atoms with Crippen molar-refractivity contribution in [2.45, 2.75) is 25.9 Å². The largest absolute Gasteiger partial charge is 0.461 e. The zero-order valence-electron chi connectivity index (χ0n) is 6.61. The molecule has 0 aromatic rings. The van der Waals surface area contributed by atoms with Gasteiger partial charge in [-0.1, -0.05) is 19.0 Å². The molecule has 0 aromatic carbocycles. The van der Waals surface area contributed by atoms with Crippen molar-refractivity contribution in [1.82, 2.24) is 0 Å². The van der Waals surface area contributed by atoms with E-state index in [0.717, 1.165) is 10.5 Å². The smallest absolute Gasteiger partial charge is 0.200 e. The summed E-state index contributed by atoms with van der Waals surface area (Å²) in [6, 6.07) is 1.22. The molecular formula is C6H16OSi2. The molecule has 1 unspecified atom stereocenters. The molecule has 0 aliphatic rings. The molecule has 0 bridgehead atoms. The minimum absolute atomic E-state index is 0.861. The lowest BCUT2D eigenvalue weighted by Crippen LogP contribution is -2.30. The standard InChI is InChI=1S/C6H16OSi2/c1-4-6-9(3,5-2)7-8/h5H,2,4,6H2,1,3,8H3. The van der Waals surface area contributed by atoms with Gasteiger partial charge in [-0.3, -0.25) is 0 Å². The van der Waals surface area contributed by atoms with Crippen LogP contribution in [-0.2, 0) is 4.12 Å². The van der Waals surface area contributed by atoms with Crippen LogP contribution in [0.4, 0.5) is 0 Å². The summed E-state index contributed by atoms with van der Waals surface area (Å²) in [7, 11) is -0.511. The van der Waals surface area contributed by atoms with Crippen molar-refractivity contribution < 1.29 is 4.12 Å². The maximum Gasteiger partial charge on any atom is 0.200 e. The Bertz CT molecular complexity index is 95.1. The van der Waals surface area contributed by atoms with Gasteiger partial charge in [0, 0.05) is 0 Å². The van der Waals surface area contributed by atoms with Crippen molar-refractivity contribution >= 4 is 18.8 Å². The van der Waals surface area contributed by atoms with E-state index in [9.17, 15) is 0 Å². The molecule has 0 fully saturated rings. The Morgan fingerprint density at radius 3 is 2.44 bits per heavy atom. The van der Waals surface area contributed by atoms with Gasteiger partial charge >= 0.3 is 0 Å². The highest BCUT2D eigenvalue weighted by Gasteiger charge is 2.20. The molecule has 0 radical (unpaired) electrons.